The first-order valence-electron chi connectivity index (χ1n) is 6.66. The second-order valence-corrected chi connectivity index (χ2v) is 5.29. The van der Waals surface area contributed by atoms with E-state index in [-0.39, 0.29) is 6.61 Å². The summed E-state index contributed by atoms with van der Waals surface area (Å²) in [6.45, 7) is 1.92. The van der Waals surface area contributed by atoms with E-state index in [1.54, 1.807) is 7.11 Å². The molecule has 1 aliphatic heterocycles. The summed E-state index contributed by atoms with van der Waals surface area (Å²) in [5.41, 5.74) is 7.58. The van der Waals surface area contributed by atoms with Gasteiger partial charge in [0.15, 0.2) is 0 Å². The zero-order valence-corrected chi connectivity index (χ0v) is 12.0. The van der Waals surface area contributed by atoms with Gasteiger partial charge in [0.25, 0.3) is 0 Å². The van der Waals surface area contributed by atoms with Gasteiger partial charge in [-0.25, -0.2) is 0 Å². The van der Waals surface area contributed by atoms with Gasteiger partial charge in [0.1, 0.15) is 5.75 Å². The number of hydrogen-bond donors (Lipinski definition) is 2. The maximum atomic E-state index is 9.16. The summed E-state index contributed by atoms with van der Waals surface area (Å²) in [5.74, 6) is 0.769. The molecule has 1 aliphatic rings. The van der Waals surface area contributed by atoms with Gasteiger partial charge in [-0.3, -0.25) is 0 Å². The minimum atomic E-state index is -0.475. The fourth-order valence-electron chi connectivity index (χ4n) is 2.49. The molecular formula is C14H21ClN2O2. The first kappa shape index (κ1) is 14.4. The Balaban J connectivity index is 2.35. The molecule has 0 saturated carbocycles. The molecule has 1 saturated heterocycles. The minimum Gasteiger partial charge on any atom is -0.495 e. The number of nitrogens with two attached hydrogens (primary N) is 1. The van der Waals surface area contributed by atoms with E-state index in [4.69, 9.17) is 27.2 Å². The SMILES string of the molecule is COc1cc([C@@H](N)CO)c(Cl)cc1N1CCCCC1. The van der Waals surface area contributed by atoms with Crippen LogP contribution in [0.15, 0.2) is 12.1 Å². The van der Waals surface area contributed by atoms with Crippen molar-refractivity contribution in [1.29, 1.82) is 0 Å². The number of benzene rings is 1. The van der Waals surface area contributed by atoms with Gasteiger partial charge in [-0.1, -0.05) is 11.6 Å². The van der Waals surface area contributed by atoms with E-state index in [1.165, 1.54) is 19.3 Å². The highest BCUT2D eigenvalue weighted by atomic mass is 35.5. The lowest BCUT2D eigenvalue weighted by Crippen LogP contribution is -2.30. The van der Waals surface area contributed by atoms with Gasteiger partial charge in [-0.15, -0.1) is 0 Å². The summed E-state index contributed by atoms with van der Waals surface area (Å²) in [4.78, 5) is 2.29. The lowest BCUT2D eigenvalue weighted by atomic mass is 10.0. The standard InChI is InChI=1S/C14H21ClN2O2/c1-19-14-7-10(12(16)9-18)11(15)8-13(14)17-5-3-2-4-6-17/h7-8,12,18H,2-6,9,16H2,1H3/t12-/m0/s1. The van der Waals surface area contributed by atoms with Crippen molar-refractivity contribution in [2.45, 2.75) is 25.3 Å². The highest BCUT2D eigenvalue weighted by Gasteiger charge is 2.19. The van der Waals surface area contributed by atoms with Gasteiger partial charge in [0.05, 0.1) is 25.4 Å². The van der Waals surface area contributed by atoms with Crippen LogP contribution >= 0.6 is 11.6 Å². The third-order valence-corrected chi connectivity index (χ3v) is 3.92. The normalized spacial score (nSPS) is 17.4. The van der Waals surface area contributed by atoms with Crippen LogP contribution in [0.25, 0.3) is 0 Å². The highest BCUT2D eigenvalue weighted by molar-refractivity contribution is 6.31. The molecule has 0 spiro atoms. The number of anilines is 1. The molecule has 1 atom stereocenters. The fraction of sp³-hybridized carbons (Fsp3) is 0.571. The van der Waals surface area contributed by atoms with Crippen molar-refractivity contribution in [3.8, 4) is 5.75 Å². The maximum Gasteiger partial charge on any atom is 0.142 e. The van der Waals surface area contributed by atoms with Crippen LogP contribution in [0.2, 0.25) is 5.02 Å². The Morgan fingerprint density at radius 3 is 2.63 bits per heavy atom. The molecule has 1 heterocycles. The Hall–Kier alpha value is -0.970. The quantitative estimate of drug-likeness (QED) is 0.891. The molecule has 0 aliphatic carbocycles. The number of aliphatic hydroxyl groups excluding tert-OH is 1. The van der Waals surface area contributed by atoms with Crippen LogP contribution in [0, 0.1) is 0 Å². The summed E-state index contributed by atoms with van der Waals surface area (Å²) in [7, 11) is 1.64. The van der Waals surface area contributed by atoms with E-state index in [0.717, 1.165) is 30.1 Å². The summed E-state index contributed by atoms with van der Waals surface area (Å²) < 4.78 is 5.45. The van der Waals surface area contributed by atoms with E-state index in [9.17, 15) is 0 Å². The third kappa shape index (κ3) is 3.14. The monoisotopic (exact) mass is 284 g/mol. The molecule has 2 rings (SSSR count). The first-order valence-corrected chi connectivity index (χ1v) is 7.04. The van der Waals surface area contributed by atoms with E-state index >= 15 is 0 Å². The first-order chi connectivity index (χ1) is 9.17. The number of nitrogens with zero attached hydrogens (tertiary/aromatic N) is 1. The van der Waals surface area contributed by atoms with Crippen LogP contribution in [0.5, 0.6) is 5.75 Å². The average Bonchev–Trinajstić information content (AvgIpc) is 2.47. The molecule has 3 N–H and O–H groups in total. The van der Waals surface area contributed by atoms with Crippen molar-refractivity contribution in [2.75, 3.05) is 31.7 Å². The lowest BCUT2D eigenvalue weighted by Gasteiger charge is -2.30. The summed E-state index contributed by atoms with van der Waals surface area (Å²) in [6, 6.07) is 3.26. The van der Waals surface area contributed by atoms with E-state index in [0.29, 0.717) is 5.02 Å². The highest BCUT2D eigenvalue weighted by Crippen LogP contribution is 2.37. The number of piperidine rings is 1. The zero-order valence-electron chi connectivity index (χ0n) is 11.2. The van der Waals surface area contributed by atoms with Crippen molar-refractivity contribution in [1.82, 2.24) is 0 Å². The Morgan fingerprint density at radius 1 is 1.37 bits per heavy atom. The van der Waals surface area contributed by atoms with Gasteiger partial charge in [0.2, 0.25) is 0 Å². The fourth-order valence-corrected chi connectivity index (χ4v) is 2.78. The van der Waals surface area contributed by atoms with Crippen molar-refractivity contribution in [2.24, 2.45) is 5.73 Å². The second-order valence-electron chi connectivity index (χ2n) is 4.88. The molecule has 0 aromatic heterocycles. The van der Waals surface area contributed by atoms with Crippen LogP contribution in [0.1, 0.15) is 30.9 Å². The van der Waals surface area contributed by atoms with Crippen molar-refractivity contribution >= 4 is 17.3 Å². The van der Waals surface area contributed by atoms with Gasteiger partial charge >= 0.3 is 0 Å². The molecule has 1 fully saturated rings. The van der Waals surface area contributed by atoms with Gasteiger partial charge < -0.3 is 20.5 Å². The van der Waals surface area contributed by atoms with Crippen LogP contribution < -0.4 is 15.4 Å². The topological polar surface area (TPSA) is 58.7 Å². The molecule has 1 aromatic rings. The summed E-state index contributed by atoms with van der Waals surface area (Å²) in [6.07, 6.45) is 3.66. The van der Waals surface area contributed by atoms with Crippen LogP contribution in [-0.2, 0) is 0 Å². The van der Waals surface area contributed by atoms with Crippen molar-refractivity contribution in [3.63, 3.8) is 0 Å². The molecule has 0 unspecified atom stereocenters. The molecule has 0 bridgehead atoms. The molecule has 0 radical (unpaired) electrons. The average molecular weight is 285 g/mol. The maximum absolute atomic E-state index is 9.16. The zero-order chi connectivity index (χ0) is 13.8. The Kier molecular flexibility index (Phi) is 4.91. The number of methoxy groups -OCH3 is 1. The van der Waals surface area contributed by atoms with Crippen molar-refractivity contribution in [3.05, 3.63) is 22.7 Å². The predicted molar refractivity (Wildman–Crippen MR) is 78.1 cm³/mol. The Morgan fingerprint density at radius 2 is 2.05 bits per heavy atom. The minimum absolute atomic E-state index is 0.133. The summed E-state index contributed by atoms with van der Waals surface area (Å²) >= 11 is 6.28. The van der Waals surface area contributed by atoms with Gasteiger partial charge in [-0.2, -0.15) is 0 Å². The van der Waals surface area contributed by atoms with Gasteiger partial charge in [-0.05, 0) is 37.0 Å². The second kappa shape index (κ2) is 6.46. The molecule has 19 heavy (non-hydrogen) atoms. The smallest absolute Gasteiger partial charge is 0.142 e. The molecule has 4 nitrogen and oxygen atoms in total. The number of rotatable bonds is 4. The largest absolute Gasteiger partial charge is 0.495 e. The summed E-state index contributed by atoms with van der Waals surface area (Å²) in [5, 5.41) is 9.75. The molecule has 1 aromatic carbocycles. The molecule has 0 amide bonds. The number of hydrogen-bond acceptors (Lipinski definition) is 4. The van der Waals surface area contributed by atoms with Crippen LogP contribution in [0.4, 0.5) is 5.69 Å². The van der Waals surface area contributed by atoms with Gasteiger partial charge in [0, 0.05) is 18.1 Å². The molecule has 106 valence electrons. The number of ether oxygens (including phenoxy) is 1. The van der Waals surface area contributed by atoms with E-state index in [1.807, 2.05) is 12.1 Å². The molecular weight excluding hydrogens is 264 g/mol. The predicted octanol–water partition coefficient (Wildman–Crippen LogP) is 2.33. The molecule has 5 heteroatoms. The Bertz CT molecular complexity index is 434. The number of halogens is 1. The van der Waals surface area contributed by atoms with E-state index < -0.39 is 6.04 Å². The van der Waals surface area contributed by atoms with E-state index in [2.05, 4.69) is 4.90 Å². The third-order valence-electron chi connectivity index (χ3n) is 3.59. The van der Waals surface area contributed by atoms with Crippen LogP contribution in [-0.4, -0.2) is 31.9 Å². The Labute approximate surface area is 119 Å². The lowest BCUT2D eigenvalue weighted by molar-refractivity contribution is 0.267. The number of aliphatic hydroxyl groups is 1. The van der Waals surface area contributed by atoms with Crippen LogP contribution in [0.3, 0.4) is 0 Å². The van der Waals surface area contributed by atoms with Crippen molar-refractivity contribution < 1.29 is 9.84 Å².